The van der Waals surface area contributed by atoms with E-state index in [4.69, 9.17) is 9.47 Å². The van der Waals surface area contributed by atoms with Crippen molar-refractivity contribution in [2.45, 2.75) is 32.5 Å². The van der Waals surface area contributed by atoms with Crippen molar-refractivity contribution >= 4 is 15.9 Å². The van der Waals surface area contributed by atoms with Crippen LogP contribution < -0.4 is 9.47 Å². The van der Waals surface area contributed by atoms with Crippen LogP contribution in [-0.2, 0) is 0 Å². The second-order valence-corrected chi connectivity index (χ2v) is 5.20. The lowest BCUT2D eigenvalue weighted by Gasteiger charge is -2.17. The molecule has 0 fully saturated rings. The van der Waals surface area contributed by atoms with E-state index in [1.807, 2.05) is 19.9 Å². The first kappa shape index (κ1) is 14.4. The Balaban J connectivity index is 3.00. The number of ether oxygens (including phenoxy) is 2. The van der Waals surface area contributed by atoms with Gasteiger partial charge in [0.05, 0.1) is 13.2 Å². The molecule has 17 heavy (non-hydrogen) atoms. The van der Waals surface area contributed by atoms with E-state index >= 15 is 0 Å². The first-order chi connectivity index (χ1) is 8.10. The van der Waals surface area contributed by atoms with E-state index in [1.54, 1.807) is 0 Å². The van der Waals surface area contributed by atoms with Crippen molar-refractivity contribution in [3.63, 3.8) is 0 Å². The fourth-order valence-corrected chi connectivity index (χ4v) is 1.91. The Hall–Kier alpha value is -0.700. The third-order valence-electron chi connectivity index (χ3n) is 2.47. The van der Waals surface area contributed by atoms with Gasteiger partial charge in [0.25, 0.3) is 0 Å². The topological polar surface area (TPSA) is 18.5 Å². The number of hydrogen-bond donors (Lipinski definition) is 0. The first-order valence-corrected chi connectivity index (χ1v) is 7.05. The number of hydrogen-bond acceptors (Lipinski definition) is 2. The molecule has 1 rings (SSSR count). The molecular weight excluding hydrogens is 280 g/mol. The zero-order chi connectivity index (χ0) is 12.8. The summed E-state index contributed by atoms with van der Waals surface area (Å²) in [6.45, 7) is 9.65. The van der Waals surface area contributed by atoms with Crippen LogP contribution in [0.15, 0.2) is 18.2 Å². The van der Waals surface area contributed by atoms with Gasteiger partial charge in [0.1, 0.15) is 0 Å². The molecule has 96 valence electrons. The minimum Gasteiger partial charge on any atom is -0.490 e. The van der Waals surface area contributed by atoms with Crippen LogP contribution in [0.25, 0.3) is 0 Å². The highest BCUT2D eigenvalue weighted by molar-refractivity contribution is 9.09. The molecule has 0 aliphatic carbocycles. The molecule has 0 saturated heterocycles. The SMILES string of the molecule is CCOc1ccc(C(Br)C(C)C)cc1OCC. The highest BCUT2D eigenvalue weighted by Crippen LogP contribution is 2.36. The van der Waals surface area contributed by atoms with Crippen molar-refractivity contribution in [1.82, 2.24) is 0 Å². The smallest absolute Gasteiger partial charge is 0.161 e. The highest BCUT2D eigenvalue weighted by Gasteiger charge is 2.14. The maximum absolute atomic E-state index is 5.61. The third-order valence-corrected chi connectivity index (χ3v) is 4.06. The van der Waals surface area contributed by atoms with Gasteiger partial charge >= 0.3 is 0 Å². The van der Waals surface area contributed by atoms with Crippen LogP contribution in [0.2, 0.25) is 0 Å². The van der Waals surface area contributed by atoms with Crippen LogP contribution in [0.1, 0.15) is 38.1 Å². The van der Waals surface area contributed by atoms with E-state index in [9.17, 15) is 0 Å². The summed E-state index contributed by atoms with van der Waals surface area (Å²) in [5.41, 5.74) is 1.23. The van der Waals surface area contributed by atoms with Crippen LogP contribution in [0.3, 0.4) is 0 Å². The lowest BCUT2D eigenvalue weighted by Crippen LogP contribution is -2.02. The summed E-state index contributed by atoms with van der Waals surface area (Å²) in [4.78, 5) is 0.345. The summed E-state index contributed by atoms with van der Waals surface area (Å²) in [5.74, 6) is 2.20. The predicted molar refractivity (Wildman–Crippen MR) is 75.3 cm³/mol. The Bertz CT molecular complexity index is 350. The van der Waals surface area contributed by atoms with E-state index in [0.29, 0.717) is 24.0 Å². The molecule has 0 amide bonds. The molecule has 1 atom stereocenters. The molecule has 1 unspecified atom stereocenters. The Morgan fingerprint density at radius 3 is 2.18 bits per heavy atom. The highest BCUT2D eigenvalue weighted by atomic mass is 79.9. The van der Waals surface area contributed by atoms with Gasteiger partial charge < -0.3 is 9.47 Å². The molecule has 0 aliphatic rings. The molecule has 0 aromatic heterocycles. The summed E-state index contributed by atoms with van der Waals surface area (Å²) < 4.78 is 11.2. The van der Waals surface area contributed by atoms with Gasteiger partial charge in [-0.05, 0) is 37.5 Å². The van der Waals surface area contributed by atoms with Gasteiger partial charge in [-0.15, -0.1) is 0 Å². The zero-order valence-corrected chi connectivity index (χ0v) is 12.6. The lowest BCUT2D eigenvalue weighted by molar-refractivity contribution is 0.287. The van der Waals surface area contributed by atoms with Gasteiger partial charge in [-0.1, -0.05) is 35.8 Å². The van der Waals surface area contributed by atoms with Crippen molar-refractivity contribution < 1.29 is 9.47 Å². The normalized spacial score (nSPS) is 12.6. The Kier molecular flexibility index (Phi) is 5.83. The second kappa shape index (κ2) is 6.90. The van der Waals surface area contributed by atoms with Gasteiger partial charge in [0.15, 0.2) is 11.5 Å². The van der Waals surface area contributed by atoms with Gasteiger partial charge in [-0.3, -0.25) is 0 Å². The fraction of sp³-hybridized carbons (Fsp3) is 0.571. The van der Waals surface area contributed by atoms with E-state index in [-0.39, 0.29) is 0 Å². The van der Waals surface area contributed by atoms with Crippen molar-refractivity contribution in [2.24, 2.45) is 5.92 Å². The molecule has 1 aromatic carbocycles. The molecule has 0 radical (unpaired) electrons. The molecular formula is C14H21BrO2. The van der Waals surface area contributed by atoms with Gasteiger partial charge in [-0.2, -0.15) is 0 Å². The van der Waals surface area contributed by atoms with Gasteiger partial charge in [0.2, 0.25) is 0 Å². The average molecular weight is 301 g/mol. The number of alkyl halides is 1. The standard InChI is InChI=1S/C14H21BrO2/c1-5-16-12-8-7-11(14(15)10(3)4)9-13(12)17-6-2/h7-10,14H,5-6H2,1-4H3. The quantitative estimate of drug-likeness (QED) is 0.716. The van der Waals surface area contributed by atoms with E-state index < -0.39 is 0 Å². The summed E-state index contributed by atoms with van der Waals surface area (Å²) in [6, 6.07) is 6.14. The monoisotopic (exact) mass is 300 g/mol. The van der Waals surface area contributed by atoms with Crippen LogP contribution in [0, 0.1) is 5.92 Å². The maximum Gasteiger partial charge on any atom is 0.161 e. The Labute approximate surface area is 112 Å². The van der Waals surface area contributed by atoms with E-state index in [1.165, 1.54) is 5.56 Å². The molecule has 0 heterocycles. The van der Waals surface area contributed by atoms with Crippen LogP contribution in [0.4, 0.5) is 0 Å². The maximum atomic E-state index is 5.61. The van der Waals surface area contributed by atoms with Crippen LogP contribution in [0.5, 0.6) is 11.5 Å². The van der Waals surface area contributed by atoms with E-state index in [2.05, 4.69) is 41.9 Å². The van der Waals surface area contributed by atoms with Crippen LogP contribution in [-0.4, -0.2) is 13.2 Å². The molecule has 0 aliphatic heterocycles. The number of halogens is 1. The summed E-state index contributed by atoms with van der Waals surface area (Å²) in [6.07, 6.45) is 0. The molecule has 0 bridgehead atoms. The minimum atomic E-state index is 0.345. The molecule has 0 spiro atoms. The largest absolute Gasteiger partial charge is 0.490 e. The molecule has 0 N–H and O–H groups in total. The Morgan fingerprint density at radius 2 is 1.65 bits per heavy atom. The average Bonchev–Trinajstić information content (AvgIpc) is 2.31. The third kappa shape index (κ3) is 3.91. The van der Waals surface area contributed by atoms with E-state index in [0.717, 1.165) is 11.5 Å². The summed E-state index contributed by atoms with van der Waals surface area (Å²) in [7, 11) is 0. The summed E-state index contributed by atoms with van der Waals surface area (Å²) in [5, 5.41) is 0. The van der Waals surface area contributed by atoms with Gasteiger partial charge in [-0.25, -0.2) is 0 Å². The Morgan fingerprint density at radius 1 is 1.06 bits per heavy atom. The first-order valence-electron chi connectivity index (χ1n) is 6.13. The van der Waals surface area contributed by atoms with Gasteiger partial charge in [0, 0.05) is 4.83 Å². The predicted octanol–water partition coefficient (Wildman–Crippen LogP) is 4.58. The molecule has 0 saturated carbocycles. The zero-order valence-electron chi connectivity index (χ0n) is 11.0. The van der Waals surface area contributed by atoms with Crippen LogP contribution >= 0.6 is 15.9 Å². The van der Waals surface area contributed by atoms with Crippen molar-refractivity contribution in [1.29, 1.82) is 0 Å². The second-order valence-electron chi connectivity index (χ2n) is 4.22. The molecule has 1 aromatic rings. The number of benzene rings is 1. The fourth-order valence-electron chi connectivity index (χ4n) is 1.62. The van der Waals surface area contributed by atoms with Crippen molar-refractivity contribution in [2.75, 3.05) is 13.2 Å². The minimum absolute atomic E-state index is 0.345. The molecule has 3 heteroatoms. The lowest BCUT2D eigenvalue weighted by atomic mass is 10.0. The summed E-state index contributed by atoms with van der Waals surface area (Å²) >= 11 is 3.70. The van der Waals surface area contributed by atoms with Crippen molar-refractivity contribution in [3.05, 3.63) is 23.8 Å². The molecule has 2 nitrogen and oxygen atoms in total. The van der Waals surface area contributed by atoms with Crippen molar-refractivity contribution in [3.8, 4) is 11.5 Å². The number of rotatable bonds is 6.